The third-order valence-corrected chi connectivity index (χ3v) is 10.2. The molecule has 5 N–H and O–H groups in total. The van der Waals surface area contributed by atoms with Crippen LogP contribution in [0.3, 0.4) is 0 Å². The summed E-state index contributed by atoms with van der Waals surface area (Å²) in [4.78, 5) is 46.9. The molecule has 3 aliphatic heterocycles. The molecule has 238 valence electrons. The topological polar surface area (TPSA) is 150 Å². The van der Waals surface area contributed by atoms with Gasteiger partial charge in [-0.1, -0.05) is 11.8 Å². The van der Waals surface area contributed by atoms with E-state index in [1.165, 1.54) is 0 Å². The molecule has 1 aliphatic carbocycles. The lowest BCUT2D eigenvalue weighted by Crippen LogP contribution is -2.43. The van der Waals surface area contributed by atoms with Crippen molar-refractivity contribution in [2.75, 3.05) is 19.6 Å². The van der Waals surface area contributed by atoms with Crippen LogP contribution in [0.1, 0.15) is 86.2 Å². The number of nitrogens with zero attached hydrogens (tertiary/aromatic N) is 4. The van der Waals surface area contributed by atoms with Crippen molar-refractivity contribution in [3.8, 4) is 11.8 Å². The summed E-state index contributed by atoms with van der Waals surface area (Å²) in [5.74, 6) is 8.24. The predicted octanol–water partition coefficient (Wildman–Crippen LogP) is 3.05. The second-order valence-corrected chi connectivity index (χ2v) is 13.4. The van der Waals surface area contributed by atoms with Crippen molar-refractivity contribution in [3.05, 3.63) is 59.2 Å². The lowest BCUT2D eigenvalue weighted by Gasteiger charge is -2.26. The van der Waals surface area contributed by atoms with Gasteiger partial charge in [-0.25, -0.2) is 9.97 Å². The molecule has 8 rings (SSSR count). The van der Waals surface area contributed by atoms with E-state index in [1.807, 2.05) is 46.2 Å². The van der Waals surface area contributed by atoms with Crippen molar-refractivity contribution in [3.63, 3.8) is 0 Å². The molecule has 0 radical (unpaired) electrons. The van der Waals surface area contributed by atoms with Crippen molar-refractivity contribution in [1.29, 1.82) is 0 Å². The van der Waals surface area contributed by atoms with Crippen LogP contribution in [-0.2, 0) is 9.59 Å². The Morgan fingerprint density at radius 2 is 1.33 bits per heavy atom. The van der Waals surface area contributed by atoms with Crippen LogP contribution in [0.15, 0.2) is 36.4 Å². The van der Waals surface area contributed by atoms with Gasteiger partial charge < -0.3 is 35.3 Å². The number of hydrogen-bond acceptors (Lipinski definition) is 7. The number of aromatic amines is 2. The minimum absolute atomic E-state index is 0.0336. The number of β-amino-alcohol motifs (C(OH)–C–C–N with tert-alkyl or cyclic N) is 1. The summed E-state index contributed by atoms with van der Waals surface area (Å²) in [6.07, 6.45) is 5.22. The average Bonchev–Trinajstić information content (AvgIpc) is 3.90. The summed E-state index contributed by atoms with van der Waals surface area (Å²) < 4.78 is 0. The maximum absolute atomic E-state index is 13.2. The minimum Gasteiger partial charge on any atom is -0.393 e. The van der Waals surface area contributed by atoms with Crippen LogP contribution in [0, 0.1) is 17.8 Å². The van der Waals surface area contributed by atoms with Crippen LogP contribution in [0.5, 0.6) is 0 Å². The number of aliphatic hydroxyl groups excluding tert-OH is 2. The largest absolute Gasteiger partial charge is 0.393 e. The van der Waals surface area contributed by atoms with E-state index in [4.69, 9.17) is 9.97 Å². The Balaban J connectivity index is 0.981. The van der Waals surface area contributed by atoms with Crippen LogP contribution in [0.25, 0.3) is 22.1 Å². The first-order valence-corrected chi connectivity index (χ1v) is 16.6. The molecule has 0 bridgehead atoms. The van der Waals surface area contributed by atoms with Gasteiger partial charge in [-0.3, -0.25) is 9.59 Å². The highest BCUT2D eigenvalue weighted by Crippen LogP contribution is 2.36. The molecule has 1 saturated carbocycles. The molecule has 2 aromatic carbocycles. The van der Waals surface area contributed by atoms with E-state index < -0.39 is 6.10 Å². The molecule has 11 heteroatoms. The zero-order valence-corrected chi connectivity index (χ0v) is 25.7. The number of H-pyrrole nitrogens is 2. The Morgan fingerprint density at radius 3 is 1.85 bits per heavy atom. The summed E-state index contributed by atoms with van der Waals surface area (Å²) in [5.41, 5.74) is 5.17. The molecule has 4 aromatic rings. The highest BCUT2D eigenvalue weighted by molar-refractivity contribution is 5.84. The summed E-state index contributed by atoms with van der Waals surface area (Å²) in [6.45, 7) is 1.87. The summed E-state index contributed by atoms with van der Waals surface area (Å²) >= 11 is 0. The van der Waals surface area contributed by atoms with E-state index in [-0.39, 0.29) is 42.0 Å². The first-order chi connectivity index (χ1) is 22.4. The van der Waals surface area contributed by atoms with Crippen LogP contribution < -0.4 is 5.32 Å². The number of benzene rings is 2. The van der Waals surface area contributed by atoms with Crippen LogP contribution >= 0.6 is 0 Å². The van der Waals surface area contributed by atoms with Crippen LogP contribution in [0.2, 0.25) is 0 Å². The number of carbonyl (C=O) groups is 2. The van der Waals surface area contributed by atoms with Gasteiger partial charge in [0.25, 0.3) is 0 Å². The molecule has 46 heavy (non-hydrogen) atoms. The first-order valence-electron chi connectivity index (χ1n) is 16.6. The van der Waals surface area contributed by atoms with E-state index in [2.05, 4.69) is 27.1 Å². The van der Waals surface area contributed by atoms with Gasteiger partial charge in [-0.2, -0.15) is 0 Å². The second-order valence-electron chi connectivity index (χ2n) is 13.4. The van der Waals surface area contributed by atoms with E-state index in [0.717, 1.165) is 83.5 Å². The second kappa shape index (κ2) is 11.8. The Hall–Kier alpha value is -4.24. The lowest BCUT2D eigenvalue weighted by molar-refractivity contribution is -0.136. The monoisotopic (exact) mass is 621 g/mol. The molecule has 4 fully saturated rings. The number of hydrogen-bond donors (Lipinski definition) is 5. The molecule has 6 atom stereocenters. The zero-order valence-electron chi connectivity index (χ0n) is 25.7. The van der Waals surface area contributed by atoms with Crippen LogP contribution in [-0.4, -0.2) is 89.6 Å². The number of likely N-dealkylation sites (tertiary alicyclic amines) is 2. The molecule has 11 nitrogen and oxygen atoms in total. The molecule has 3 saturated heterocycles. The quantitative estimate of drug-likeness (QED) is 0.220. The molecule has 5 heterocycles. The highest BCUT2D eigenvalue weighted by Gasteiger charge is 2.39. The lowest BCUT2D eigenvalue weighted by atomic mass is 10.1. The van der Waals surface area contributed by atoms with E-state index in [1.54, 1.807) is 0 Å². The van der Waals surface area contributed by atoms with Crippen molar-refractivity contribution < 1.29 is 19.8 Å². The van der Waals surface area contributed by atoms with Crippen molar-refractivity contribution in [2.24, 2.45) is 5.92 Å². The fraction of sp³-hybridized carbons (Fsp3) is 0.486. The van der Waals surface area contributed by atoms with Gasteiger partial charge in [0.2, 0.25) is 11.8 Å². The maximum Gasteiger partial charge on any atom is 0.240 e. The zero-order chi connectivity index (χ0) is 31.4. The Kier molecular flexibility index (Phi) is 7.51. The van der Waals surface area contributed by atoms with Gasteiger partial charge in [0.05, 0.1) is 52.4 Å². The molecule has 4 aliphatic rings. The third kappa shape index (κ3) is 5.44. The SMILES string of the molecule is O=C([C@@H]1CC[C@@H](O)C1)N1CCC[C@H]1c1nc2ccc(C#Cc3ccc4nc([C@@H]5CCCN5C(=O)[C@H]5C[C@H](O)CN5)[nH]c4c3)cc2[nH]1. The normalized spacial score (nSPS) is 28.0. The van der Waals surface area contributed by atoms with Gasteiger partial charge in [-0.15, -0.1) is 0 Å². The molecule has 2 aromatic heterocycles. The van der Waals surface area contributed by atoms with E-state index in [0.29, 0.717) is 32.4 Å². The van der Waals surface area contributed by atoms with Crippen LogP contribution in [0.4, 0.5) is 0 Å². The van der Waals surface area contributed by atoms with Gasteiger partial charge >= 0.3 is 0 Å². The molecule has 2 amide bonds. The molecule has 0 spiro atoms. The average molecular weight is 622 g/mol. The Labute approximate surface area is 266 Å². The van der Waals surface area contributed by atoms with E-state index in [9.17, 15) is 19.8 Å². The molecule has 0 unspecified atom stereocenters. The number of amides is 2. The summed E-state index contributed by atoms with van der Waals surface area (Å²) in [5, 5.41) is 23.0. The highest BCUT2D eigenvalue weighted by atomic mass is 16.3. The third-order valence-electron chi connectivity index (χ3n) is 10.2. The summed E-state index contributed by atoms with van der Waals surface area (Å²) in [7, 11) is 0. The number of fused-ring (bicyclic) bond motifs is 2. The number of carbonyl (C=O) groups excluding carboxylic acids is 2. The standard InChI is InChI=1S/C35H39N7O4/c43-23-10-9-22(17-23)34(45)41-13-1-3-30(41)32-37-25-11-7-20(15-27(25)39-32)5-6-21-8-12-26-28(16-21)40-33(38-26)31-4-2-14-42(31)35(46)29-18-24(44)19-36-29/h7-8,11-12,15-16,22-24,29-31,36,43-44H,1-4,9-10,13-14,17-19H2,(H,37,39)(H,38,40)/t22-,23-,24+,29-,30+,31+/m1/s1. The number of rotatable bonds is 4. The Morgan fingerprint density at radius 1 is 0.739 bits per heavy atom. The van der Waals surface area contributed by atoms with E-state index >= 15 is 0 Å². The maximum atomic E-state index is 13.2. The first kappa shape index (κ1) is 29.2. The van der Waals surface area contributed by atoms with Crippen molar-refractivity contribution >= 4 is 33.9 Å². The fourth-order valence-corrected chi connectivity index (χ4v) is 7.83. The number of imidazole rings is 2. The predicted molar refractivity (Wildman–Crippen MR) is 171 cm³/mol. The molecular formula is C35H39N7O4. The van der Waals surface area contributed by atoms with Crippen molar-refractivity contribution in [1.82, 2.24) is 35.1 Å². The fourth-order valence-electron chi connectivity index (χ4n) is 7.83. The summed E-state index contributed by atoms with van der Waals surface area (Å²) in [6, 6.07) is 11.3. The number of aliphatic hydroxyl groups is 2. The van der Waals surface area contributed by atoms with Gasteiger partial charge in [0.15, 0.2) is 0 Å². The minimum atomic E-state index is -0.474. The van der Waals surface area contributed by atoms with Gasteiger partial charge in [-0.05, 0) is 87.8 Å². The van der Waals surface area contributed by atoms with Crippen molar-refractivity contribution in [2.45, 2.75) is 81.7 Å². The van der Waals surface area contributed by atoms with Gasteiger partial charge in [0.1, 0.15) is 11.6 Å². The Bertz CT molecular complexity index is 1740. The number of nitrogens with one attached hydrogen (secondary N) is 3. The smallest absolute Gasteiger partial charge is 0.240 e. The van der Waals surface area contributed by atoms with Gasteiger partial charge in [0, 0.05) is 36.7 Å². The number of aromatic nitrogens is 4. The molecular weight excluding hydrogens is 582 g/mol.